The molecule has 0 heterocycles. The van der Waals surface area contributed by atoms with E-state index in [1.807, 2.05) is 0 Å². The van der Waals surface area contributed by atoms with Gasteiger partial charge >= 0.3 is 27.9 Å². The van der Waals surface area contributed by atoms with Crippen LogP contribution < -0.4 is 42.4 Å². The third-order valence-electron chi connectivity index (χ3n) is 9.92. The molecule has 0 saturated carbocycles. The largest absolute Gasteiger partial charge is 1.00 e. The Morgan fingerprint density at radius 2 is 0.415 bits per heavy atom. The van der Waals surface area contributed by atoms with E-state index in [1.165, 1.54) is 67.1 Å². The molecule has 12 heteroatoms. The summed E-state index contributed by atoms with van der Waals surface area (Å²) < 4.78 is 58.9. The Balaban J connectivity index is 0.000000207. The van der Waals surface area contributed by atoms with Crippen LogP contribution in [0.2, 0.25) is 0 Å². The summed E-state index contributed by atoms with van der Waals surface area (Å²) in [6.45, 7) is 0. The Morgan fingerprint density at radius 1 is 0.308 bits per heavy atom. The maximum absolute atomic E-state index is 10.7. The summed E-state index contributed by atoms with van der Waals surface area (Å²) in [4.78, 5) is 0. The van der Waals surface area contributed by atoms with Crippen LogP contribution in [0.5, 0.6) is 0 Å². The molecule has 0 aromatic heterocycles. The van der Waals surface area contributed by atoms with E-state index in [-0.39, 0.29) is 54.1 Å². The van der Waals surface area contributed by atoms with Crippen molar-refractivity contribution in [2.45, 2.75) is 5.51 Å². The van der Waals surface area contributed by atoms with Crippen molar-refractivity contribution in [3.05, 3.63) is 243 Å². The summed E-state index contributed by atoms with van der Waals surface area (Å²) >= 11 is 0. The summed E-state index contributed by atoms with van der Waals surface area (Å²) in [7, 11) is -7.48. The van der Waals surface area contributed by atoms with Gasteiger partial charge in [-0.1, -0.05) is 243 Å². The molecular weight excluding hydrogens is 1090 g/mol. The van der Waals surface area contributed by atoms with E-state index in [1.54, 1.807) is 0 Å². The molecule has 0 atom stereocenters. The second kappa shape index (κ2) is 26.9. The van der Waals surface area contributed by atoms with Crippen LogP contribution in [0.25, 0.3) is 0 Å². The van der Waals surface area contributed by atoms with Crippen LogP contribution in [0.15, 0.2) is 243 Å². The molecule has 0 amide bonds. The Hall–Kier alpha value is -4.08. The van der Waals surface area contributed by atoms with Crippen LogP contribution >= 0.6 is 31.7 Å². The minimum Gasteiger partial charge on any atom is -0.741 e. The Bertz CT molecular complexity index is 2140. The van der Waals surface area contributed by atoms with Gasteiger partial charge in [-0.25, -0.2) is 8.42 Å². The van der Waals surface area contributed by atoms with Crippen LogP contribution in [0.3, 0.4) is 0 Å². The molecule has 65 heavy (non-hydrogen) atoms. The molecule has 0 saturated heterocycles. The quantitative estimate of drug-likeness (QED) is 0.0472. The van der Waals surface area contributed by atoms with Gasteiger partial charge in [0.25, 0.3) is 0 Å². The van der Waals surface area contributed by atoms with Crippen molar-refractivity contribution in [1.29, 1.82) is 0 Å². The fraction of sp³-hybridized carbons (Fsp3) is 0.0943. The molecule has 8 rings (SSSR count). The molecule has 0 radical (unpaired) electrons. The fourth-order valence-corrected chi connectivity index (χ4v) is 17.6. The van der Waals surface area contributed by atoms with Crippen molar-refractivity contribution in [1.82, 2.24) is 0 Å². The molecule has 0 aliphatic carbocycles. The maximum atomic E-state index is 10.7. The SMILES string of the molecule is O=S(=O)([O-])C(F)(F)F.[Au+].c1ccc(P(CCP(c2ccccc2)c2ccccc2)c2ccccc2)cc1.c1ccc(P(CCP(c2ccccc2)c2ccccc2)c2ccccc2)cc1. The fourth-order valence-electron chi connectivity index (χ4n) is 6.89. The summed E-state index contributed by atoms with van der Waals surface area (Å²) in [6.07, 6.45) is 4.83. The van der Waals surface area contributed by atoms with E-state index in [0.717, 1.165) is 0 Å². The number of alkyl halides is 3. The first-order chi connectivity index (χ1) is 31.1. The van der Waals surface area contributed by atoms with Gasteiger partial charge in [0.1, 0.15) is 0 Å². The van der Waals surface area contributed by atoms with Crippen molar-refractivity contribution in [2.75, 3.05) is 24.6 Å². The summed E-state index contributed by atoms with van der Waals surface area (Å²) in [5, 5.41) is 11.8. The van der Waals surface area contributed by atoms with Gasteiger partial charge in [-0.05, 0) is 98.8 Å². The molecule has 336 valence electrons. The van der Waals surface area contributed by atoms with Crippen molar-refractivity contribution < 1.29 is 48.5 Å². The Morgan fingerprint density at radius 3 is 0.508 bits per heavy atom. The first-order valence-electron chi connectivity index (χ1n) is 20.6. The molecule has 8 aromatic rings. The summed E-state index contributed by atoms with van der Waals surface area (Å²) in [5.41, 5.74) is -5.65. The van der Waals surface area contributed by atoms with E-state index in [0.29, 0.717) is 0 Å². The Kier molecular flexibility index (Phi) is 21.5. The summed E-state index contributed by atoms with van der Waals surface area (Å²) in [6, 6.07) is 88.4. The van der Waals surface area contributed by atoms with Gasteiger partial charge in [-0.15, -0.1) is 0 Å². The van der Waals surface area contributed by atoms with Gasteiger partial charge in [-0.2, -0.15) is 13.2 Å². The van der Waals surface area contributed by atoms with Gasteiger partial charge in [0.15, 0.2) is 10.1 Å². The van der Waals surface area contributed by atoms with E-state index < -0.39 is 15.6 Å². The van der Waals surface area contributed by atoms with E-state index >= 15 is 0 Å². The zero-order valence-corrected chi connectivity index (χ0v) is 41.8. The number of hydrogen-bond acceptors (Lipinski definition) is 3. The molecule has 8 aromatic carbocycles. The van der Waals surface area contributed by atoms with E-state index in [4.69, 9.17) is 13.0 Å². The van der Waals surface area contributed by atoms with Crippen LogP contribution in [0.1, 0.15) is 0 Å². The molecular formula is C53H48AuF3O3P4S. The zero-order valence-electron chi connectivity index (χ0n) is 35.3. The average Bonchev–Trinajstić information content (AvgIpc) is 3.34. The van der Waals surface area contributed by atoms with Crippen molar-refractivity contribution in [2.24, 2.45) is 0 Å². The minimum atomic E-state index is -6.09. The van der Waals surface area contributed by atoms with Crippen LogP contribution in [-0.4, -0.2) is 43.1 Å². The monoisotopic (exact) mass is 1140 g/mol. The minimum absolute atomic E-state index is 0. The van der Waals surface area contributed by atoms with Crippen LogP contribution in [-0.2, 0) is 32.5 Å². The second-order valence-electron chi connectivity index (χ2n) is 14.2. The van der Waals surface area contributed by atoms with Gasteiger partial charge in [0.2, 0.25) is 0 Å². The average molecular weight is 1140 g/mol. The summed E-state index contributed by atoms with van der Waals surface area (Å²) in [5.74, 6) is 0. The third kappa shape index (κ3) is 16.3. The smallest absolute Gasteiger partial charge is 0.741 e. The first-order valence-corrected chi connectivity index (χ1v) is 28.1. The number of hydrogen-bond donors (Lipinski definition) is 0. The molecule has 0 unspecified atom stereocenters. The number of benzene rings is 8. The molecule has 0 fully saturated rings. The predicted molar refractivity (Wildman–Crippen MR) is 272 cm³/mol. The topological polar surface area (TPSA) is 57.2 Å². The molecule has 0 aliphatic heterocycles. The third-order valence-corrected chi connectivity index (χ3v) is 21.2. The number of halogens is 3. The predicted octanol–water partition coefficient (Wildman–Crippen LogP) is 10.6. The molecule has 0 spiro atoms. The van der Waals surface area contributed by atoms with Gasteiger partial charge in [0.05, 0.1) is 0 Å². The van der Waals surface area contributed by atoms with Gasteiger partial charge < -0.3 is 4.55 Å². The van der Waals surface area contributed by atoms with Crippen LogP contribution in [0.4, 0.5) is 13.2 Å². The van der Waals surface area contributed by atoms with Crippen LogP contribution in [0, 0.1) is 0 Å². The molecule has 0 bridgehead atoms. The second-order valence-corrected chi connectivity index (χ2v) is 24.9. The van der Waals surface area contributed by atoms with Crippen molar-refractivity contribution in [3.8, 4) is 0 Å². The standard InChI is InChI=1S/2C26H24P2.CHF3O3S.Au/c2*1-5-13-23(14-6-1)27(24-15-7-2-8-16-24)21-22-28(25-17-9-3-10-18-25)26-19-11-4-12-20-26;2-1(3,4)8(5,6)7;/h2*1-20H,21-22H2;(H,5,6,7);/q;;;+1/p-1. The molecule has 0 N–H and O–H groups in total. The first kappa shape index (κ1) is 51.9. The maximum Gasteiger partial charge on any atom is 1.00 e. The van der Waals surface area contributed by atoms with Gasteiger partial charge in [-0.3, -0.25) is 0 Å². The molecule has 0 aliphatic rings. The molecule has 3 nitrogen and oxygen atoms in total. The van der Waals surface area contributed by atoms with Crippen molar-refractivity contribution in [3.63, 3.8) is 0 Å². The zero-order chi connectivity index (χ0) is 45.0. The normalized spacial score (nSPS) is 11.3. The van der Waals surface area contributed by atoms with E-state index in [9.17, 15) is 13.2 Å². The van der Waals surface area contributed by atoms with Gasteiger partial charge in [0, 0.05) is 0 Å². The number of rotatable bonds is 14. The van der Waals surface area contributed by atoms with Crippen molar-refractivity contribution >= 4 is 84.2 Å². The van der Waals surface area contributed by atoms with E-state index in [2.05, 4.69) is 243 Å². The Labute approximate surface area is 402 Å².